The molecule has 0 aliphatic heterocycles. The number of rotatable bonds is 5. The van der Waals surface area contributed by atoms with Gasteiger partial charge < -0.3 is 4.42 Å². The maximum Gasteiger partial charge on any atom is 0.246 e. The minimum Gasteiger partial charge on any atom is -0.436 e. The lowest BCUT2D eigenvalue weighted by atomic mass is 10.0. The molecule has 174 valence electrons. The van der Waals surface area contributed by atoms with Crippen LogP contribution < -0.4 is 11.0 Å². The van der Waals surface area contributed by atoms with E-state index in [0.29, 0.717) is 5.55 Å². The molecule has 0 amide bonds. The second kappa shape index (κ2) is 9.93. The van der Waals surface area contributed by atoms with E-state index in [2.05, 4.69) is 86.4 Å². The average Bonchev–Trinajstić information content (AvgIpc) is 3.43. The van der Waals surface area contributed by atoms with Crippen molar-refractivity contribution in [1.82, 2.24) is 4.98 Å². The first-order valence-corrected chi connectivity index (χ1v) is 13.1. The first kappa shape index (κ1) is 22.5. The van der Waals surface area contributed by atoms with Crippen LogP contribution in [0.5, 0.6) is 0 Å². The molecule has 0 bridgehead atoms. The Morgan fingerprint density at radius 2 is 1.44 bits per heavy atom. The van der Waals surface area contributed by atoms with Crippen LogP contribution in [0, 0.1) is 0 Å². The van der Waals surface area contributed by atoms with Crippen molar-refractivity contribution >= 4 is 43.9 Å². The van der Waals surface area contributed by atoms with E-state index in [0.717, 1.165) is 43.0 Å². The Bertz CT molecular complexity index is 1710. The molecule has 0 fully saturated rings. The molecule has 6 aromatic rings. The normalized spacial score (nSPS) is 11.6. The van der Waals surface area contributed by atoms with Gasteiger partial charge in [-0.2, -0.15) is 0 Å². The molecule has 6 rings (SSSR count). The van der Waals surface area contributed by atoms with E-state index >= 15 is 0 Å². The fourth-order valence-corrected chi connectivity index (χ4v) is 5.17. The van der Waals surface area contributed by atoms with Crippen molar-refractivity contribution in [3.63, 3.8) is 0 Å². The highest BCUT2D eigenvalue weighted by Crippen LogP contribution is 2.31. The molecule has 4 nitrogen and oxygen atoms in total. The van der Waals surface area contributed by atoms with E-state index in [1.807, 2.05) is 54.6 Å². The van der Waals surface area contributed by atoms with E-state index in [1.165, 1.54) is 11.1 Å². The number of aromatic nitrogens is 1. The number of anilines is 1. The van der Waals surface area contributed by atoms with Gasteiger partial charge in [-0.05, 0) is 47.5 Å². The molecule has 2 heterocycles. The molecule has 0 radical (unpaired) electrons. The fourth-order valence-electron chi connectivity index (χ4n) is 3.96. The lowest BCUT2D eigenvalue weighted by molar-refractivity contribution is 0.543. The third-order valence-electron chi connectivity index (χ3n) is 5.79. The molecule has 36 heavy (non-hydrogen) atoms. The smallest absolute Gasteiger partial charge is 0.246 e. The van der Waals surface area contributed by atoms with Crippen LogP contribution in [0.15, 0.2) is 129 Å². The number of nitrogens with one attached hydrogen (secondary N) is 1. The minimum atomic E-state index is 0.481. The van der Waals surface area contributed by atoms with Crippen LogP contribution in [0.3, 0.4) is 0 Å². The van der Waals surface area contributed by atoms with Gasteiger partial charge in [0.1, 0.15) is 10.6 Å². The van der Waals surface area contributed by atoms with E-state index in [9.17, 15) is 0 Å². The zero-order valence-electron chi connectivity index (χ0n) is 19.1. The molecule has 0 atom stereocenters. The Morgan fingerprint density at radius 1 is 0.750 bits per heavy atom. The van der Waals surface area contributed by atoms with Gasteiger partial charge in [0.25, 0.3) is 0 Å². The van der Waals surface area contributed by atoms with Crippen molar-refractivity contribution in [3.05, 3.63) is 125 Å². The van der Waals surface area contributed by atoms with E-state index < -0.39 is 0 Å². The van der Waals surface area contributed by atoms with Crippen LogP contribution >= 0.6 is 27.3 Å². The van der Waals surface area contributed by atoms with Crippen molar-refractivity contribution in [3.8, 4) is 33.0 Å². The molecule has 0 saturated carbocycles. The fraction of sp³-hybridized carbons (Fsp3) is 0. The van der Waals surface area contributed by atoms with Crippen LogP contribution in [-0.4, -0.2) is 4.98 Å². The largest absolute Gasteiger partial charge is 0.436 e. The molecule has 0 aliphatic rings. The topological polar surface area (TPSA) is 50.4 Å². The monoisotopic (exact) mass is 549 g/mol. The summed E-state index contributed by atoms with van der Waals surface area (Å²) >= 11 is 5.14. The van der Waals surface area contributed by atoms with Crippen molar-refractivity contribution in [2.45, 2.75) is 0 Å². The molecule has 0 unspecified atom stereocenters. The summed E-state index contributed by atoms with van der Waals surface area (Å²) in [5, 5.41) is 8.48. The number of para-hydroxylation sites is 1. The van der Waals surface area contributed by atoms with Crippen LogP contribution in [0.4, 0.5) is 5.69 Å². The highest BCUT2D eigenvalue weighted by molar-refractivity contribution is 9.10. The third-order valence-corrected chi connectivity index (χ3v) is 7.16. The van der Waals surface area contributed by atoms with Crippen LogP contribution in [-0.2, 0) is 0 Å². The van der Waals surface area contributed by atoms with Crippen LogP contribution in [0.2, 0.25) is 0 Å². The molecule has 0 aliphatic carbocycles. The molecule has 1 N–H and O–H groups in total. The van der Waals surface area contributed by atoms with Crippen molar-refractivity contribution in [2.24, 2.45) is 5.10 Å². The molecule has 0 saturated heterocycles. The zero-order chi connectivity index (χ0) is 24.3. The summed E-state index contributed by atoms with van der Waals surface area (Å²) in [7, 11) is 0. The van der Waals surface area contributed by atoms with Crippen molar-refractivity contribution in [2.75, 3.05) is 5.43 Å². The van der Waals surface area contributed by atoms with Crippen LogP contribution in [0.25, 0.3) is 43.9 Å². The first-order valence-electron chi connectivity index (χ1n) is 11.4. The zero-order valence-corrected chi connectivity index (χ0v) is 21.5. The Kier molecular flexibility index (Phi) is 6.20. The van der Waals surface area contributed by atoms with Crippen molar-refractivity contribution < 1.29 is 4.42 Å². The number of hydrogen-bond donors (Lipinski definition) is 1. The average molecular weight is 550 g/mol. The third kappa shape index (κ3) is 4.73. The summed E-state index contributed by atoms with van der Waals surface area (Å²) in [6.07, 6.45) is 0. The van der Waals surface area contributed by atoms with Crippen LogP contribution in [0.1, 0.15) is 0 Å². The second-order valence-corrected chi connectivity index (χ2v) is 9.99. The molecule has 6 heteroatoms. The minimum absolute atomic E-state index is 0.481. The van der Waals surface area contributed by atoms with E-state index in [4.69, 9.17) is 9.40 Å². The van der Waals surface area contributed by atoms with Crippen molar-refractivity contribution in [1.29, 1.82) is 0 Å². The Balaban J connectivity index is 1.39. The van der Waals surface area contributed by atoms with E-state index in [-0.39, 0.29) is 0 Å². The standard InChI is InChI=1S/C30H20BrN3OS/c31-24-15-16-28-23(17-24)18-26(29(35-28)34-33-25-9-5-2-6-10-25)30-32-27(19-36-30)22-13-11-21(12-14-22)20-7-3-1-4-8-20/h1-19,33H/b34-29-. The molecule has 4 aromatic carbocycles. The van der Waals surface area contributed by atoms with Gasteiger partial charge in [-0.15, -0.1) is 16.4 Å². The first-order chi connectivity index (χ1) is 17.7. The molecular weight excluding hydrogens is 530 g/mol. The maximum atomic E-state index is 6.22. The predicted octanol–water partition coefficient (Wildman–Crippen LogP) is 8.58. The Hall–Kier alpha value is -4.00. The predicted molar refractivity (Wildman–Crippen MR) is 152 cm³/mol. The second-order valence-electron chi connectivity index (χ2n) is 8.22. The number of benzene rings is 4. The summed E-state index contributed by atoms with van der Waals surface area (Å²) in [6.45, 7) is 0. The SMILES string of the molecule is Brc1ccc2o/c(=N\Nc3ccccc3)c(-c3nc(-c4ccc(-c5ccccc5)cc4)cs3)cc2c1. The lowest BCUT2D eigenvalue weighted by Gasteiger charge is -2.05. The number of thiazole rings is 1. The lowest BCUT2D eigenvalue weighted by Crippen LogP contribution is -2.09. The number of hydrogen-bond acceptors (Lipinski definition) is 5. The summed E-state index contributed by atoms with van der Waals surface area (Å²) < 4.78 is 7.21. The van der Waals surface area contributed by atoms with Gasteiger partial charge in [0, 0.05) is 20.8 Å². The molecule has 2 aromatic heterocycles. The number of halogens is 1. The van der Waals surface area contributed by atoms with Gasteiger partial charge in [0.05, 0.1) is 16.9 Å². The Labute approximate surface area is 220 Å². The summed E-state index contributed by atoms with van der Waals surface area (Å²) in [5.74, 6) is 0. The van der Waals surface area contributed by atoms with Gasteiger partial charge in [0.15, 0.2) is 0 Å². The summed E-state index contributed by atoms with van der Waals surface area (Å²) in [4.78, 5) is 4.96. The van der Waals surface area contributed by atoms with Gasteiger partial charge in [-0.25, -0.2) is 4.98 Å². The maximum absolute atomic E-state index is 6.22. The highest BCUT2D eigenvalue weighted by atomic mass is 79.9. The summed E-state index contributed by atoms with van der Waals surface area (Å²) in [6, 6.07) is 36.7. The van der Waals surface area contributed by atoms with E-state index in [1.54, 1.807) is 11.3 Å². The van der Waals surface area contributed by atoms with Gasteiger partial charge in [-0.3, -0.25) is 5.43 Å². The Morgan fingerprint density at radius 3 is 2.22 bits per heavy atom. The number of fused-ring (bicyclic) bond motifs is 1. The number of nitrogens with zero attached hydrogens (tertiary/aromatic N) is 2. The summed E-state index contributed by atoms with van der Waals surface area (Å²) in [5.41, 5.74) is 10.4. The van der Waals surface area contributed by atoms with Gasteiger partial charge >= 0.3 is 0 Å². The van der Waals surface area contributed by atoms with Gasteiger partial charge in [-0.1, -0.05) is 88.7 Å². The highest BCUT2D eigenvalue weighted by Gasteiger charge is 2.13. The molecular formula is C30H20BrN3OS. The molecule has 0 spiro atoms. The quantitative estimate of drug-likeness (QED) is 0.219. The van der Waals surface area contributed by atoms with Gasteiger partial charge in [0.2, 0.25) is 5.55 Å².